The molecule has 0 aliphatic rings. The molecule has 3 atom stereocenters. The molecule has 3 unspecified atom stereocenters. The maximum atomic E-state index is 13.9. The second-order valence-electron chi connectivity index (χ2n) is 11.2. The predicted molar refractivity (Wildman–Crippen MR) is 138 cm³/mol. The summed E-state index contributed by atoms with van der Waals surface area (Å²) in [6.07, 6.45) is 0.890. The number of aryl methyl sites for hydroxylation is 2. The number of amides is 3. The van der Waals surface area contributed by atoms with Crippen LogP contribution >= 0.6 is 0 Å². The number of ether oxygens (including phenoxy) is 1. The molecule has 1 rings (SSSR count). The van der Waals surface area contributed by atoms with Crippen molar-refractivity contribution in [3.63, 3.8) is 0 Å². The van der Waals surface area contributed by atoms with Crippen LogP contribution in [0, 0.1) is 13.8 Å². The van der Waals surface area contributed by atoms with Gasteiger partial charge < -0.3 is 25.4 Å². The summed E-state index contributed by atoms with van der Waals surface area (Å²) in [6.45, 7) is 17.8. The van der Waals surface area contributed by atoms with Gasteiger partial charge in [-0.3, -0.25) is 9.59 Å². The van der Waals surface area contributed by atoms with Gasteiger partial charge in [0.1, 0.15) is 17.7 Å². The van der Waals surface area contributed by atoms with Crippen molar-refractivity contribution in [3.8, 4) is 0 Å². The van der Waals surface area contributed by atoms with Gasteiger partial charge in [-0.1, -0.05) is 37.1 Å². The third-order valence-corrected chi connectivity index (χ3v) is 5.48. The number of carbonyl (C=O) groups is 3. The van der Waals surface area contributed by atoms with Crippen LogP contribution in [0.2, 0.25) is 0 Å². The normalized spacial score (nSPS) is 14.5. The Morgan fingerprint density at radius 2 is 1.66 bits per heavy atom. The number of hydrogen-bond acceptors (Lipinski definition) is 5. The van der Waals surface area contributed by atoms with Gasteiger partial charge >= 0.3 is 6.09 Å². The van der Waals surface area contributed by atoms with Crippen LogP contribution in [-0.2, 0) is 14.3 Å². The summed E-state index contributed by atoms with van der Waals surface area (Å²) >= 11 is 0. The Kier molecular flexibility index (Phi) is 10.8. The van der Waals surface area contributed by atoms with Crippen molar-refractivity contribution in [3.05, 3.63) is 34.9 Å². The average Bonchev–Trinajstić information content (AvgIpc) is 2.69. The van der Waals surface area contributed by atoms with E-state index in [4.69, 9.17) is 4.74 Å². The van der Waals surface area contributed by atoms with E-state index < -0.39 is 41.8 Å². The van der Waals surface area contributed by atoms with E-state index in [0.29, 0.717) is 5.56 Å². The third-order valence-electron chi connectivity index (χ3n) is 5.48. The van der Waals surface area contributed by atoms with Gasteiger partial charge in [0.05, 0.1) is 6.61 Å². The van der Waals surface area contributed by atoms with Gasteiger partial charge in [0.15, 0.2) is 0 Å². The first-order chi connectivity index (χ1) is 16.0. The van der Waals surface area contributed by atoms with Crippen LogP contribution < -0.4 is 10.6 Å². The van der Waals surface area contributed by atoms with E-state index >= 15 is 0 Å². The highest BCUT2D eigenvalue weighted by Crippen LogP contribution is 2.32. The third kappa shape index (κ3) is 9.17. The van der Waals surface area contributed by atoms with E-state index in [2.05, 4.69) is 10.6 Å². The Morgan fingerprint density at radius 3 is 2.14 bits per heavy atom. The molecule has 8 heteroatoms. The van der Waals surface area contributed by atoms with Crippen molar-refractivity contribution in [1.29, 1.82) is 0 Å². The Balaban J connectivity index is 3.56. The molecule has 1 aromatic rings. The molecule has 0 fully saturated rings. The highest BCUT2D eigenvalue weighted by atomic mass is 16.6. The number of rotatable bonds is 9. The molecule has 0 aliphatic carbocycles. The van der Waals surface area contributed by atoms with E-state index in [9.17, 15) is 19.5 Å². The van der Waals surface area contributed by atoms with Crippen molar-refractivity contribution in [1.82, 2.24) is 15.5 Å². The van der Waals surface area contributed by atoms with Crippen molar-refractivity contribution >= 4 is 17.9 Å². The van der Waals surface area contributed by atoms with E-state index in [1.165, 1.54) is 4.90 Å². The molecule has 35 heavy (non-hydrogen) atoms. The lowest BCUT2D eigenvalue weighted by molar-refractivity contribution is -0.149. The molecule has 0 bridgehead atoms. The summed E-state index contributed by atoms with van der Waals surface area (Å²) in [7, 11) is 0. The topological polar surface area (TPSA) is 108 Å². The molecular formula is C27H45N3O5. The number of carbonyl (C=O) groups excluding carboxylic acids is 3. The number of benzene rings is 1. The molecule has 8 nitrogen and oxygen atoms in total. The first kappa shape index (κ1) is 30.4. The summed E-state index contributed by atoms with van der Waals surface area (Å²) in [6, 6.07) is 3.47. The number of nitrogens with one attached hydrogen (secondary N) is 2. The molecule has 0 heterocycles. The molecule has 0 radical (unpaired) electrons. The van der Waals surface area contributed by atoms with Crippen molar-refractivity contribution < 1.29 is 24.2 Å². The first-order valence-corrected chi connectivity index (χ1v) is 12.3. The minimum absolute atomic E-state index is 0.0782. The molecule has 0 aliphatic heterocycles. The maximum Gasteiger partial charge on any atom is 0.408 e. The van der Waals surface area contributed by atoms with E-state index in [1.807, 2.05) is 66.7 Å². The van der Waals surface area contributed by atoms with Gasteiger partial charge in [-0.2, -0.15) is 0 Å². The lowest BCUT2D eigenvalue weighted by Crippen LogP contribution is -2.60. The number of alkyl carbamates (subject to hydrolysis) is 1. The zero-order valence-electron chi connectivity index (χ0n) is 23.1. The monoisotopic (exact) mass is 491 g/mol. The van der Waals surface area contributed by atoms with Crippen molar-refractivity contribution in [2.75, 3.05) is 6.61 Å². The highest BCUT2D eigenvalue weighted by Gasteiger charge is 2.42. The van der Waals surface area contributed by atoms with Crippen molar-refractivity contribution in [2.45, 2.75) is 111 Å². The average molecular weight is 492 g/mol. The summed E-state index contributed by atoms with van der Waals surface area (Å²) in [5.74, 6) is -0.882. The van der Waals surface area contributed by atoms with E-state index in [0.717, 1.165) is 24.0 Å². The van der Waals surface area contributed by atoms with Crippen LogP contribution in [0.1, 0.15) is 91.0 Å². The van der Waals surface area contributed by atoms with E-state index in [1.54, 1.807) is 20.8 Å². The second-order valence-corrected chi connectivity index (χ2v) is 11.2. The van der Waals surface area contributed by atoms with Crippen LogP contribution in [0.15, 0.2) is 18.2 Å². The highest BCUT2D eigenvalue weighted by molar-refractivity contribution is 5.93. The SMILES string of the molecule is CCCC(C)NC(=O)C(c1cc(C)ccc1C)N(C(=O)C(CO)NC(=O)OC(C)(C)C)C(C)(C)C. The Labute approximate surface area is 210 Å². The summed E-state index contributed by atoms with van der Waals surface area (Å²) < 4.78 is 5.28. The van der Waals surface area contributed by atoms with Crippen LogP contribution in [0.25, 0.3) is 0 Å². The number of aliphatic hydroxyl groups is 1. The van der Waals surface area contributed by atoms with Gasteiger partial charge in [-0.15, -0.1) is 0 Å². The summed E-state index contributed by atoms with van der Waals surface area (Å²) in [4.78, 5) is 41.5. The minimum Gasteiger partial charge on any atom is -0.444 e. The molecule has 198 valence electrons. The fraction of sp³-hybridized carbons (Fsp3) is 0.667. The Hall–Kier alpha value is -2.61. The maximum absolute atomic E-state index is 13.9. The largest absolute Gasteiger partial charge is 0.444 e. The predicted octanol–water partition coefficient (Wildman–Crippen LogP) is 4.16. The van der Waals surface area contributed by atoms with Gasteiger partial charge in [0, 0.05) is 11.6 Å². The van der Waals surface area contributed by atoms with E-state index in [-0.39, 0.29) is 11.9 Å². The molecule has 0 saturated heterocycles. The quantitative estimate of drug-likeness (QED) is 0.481. The summed E-state index contributed by atoms with van der Waals surface area (Å²) in [5.41, 5.74) is 0.932. The molecule has 3 amide bonds. The van der Waals surface area contributed by atoms with Crippen LogP contribution in [0.5, 0.6) is 0 Å². The number of aliphatic hydroxyl groups excluding tert-OH is 1. The fourth-order valence-corrected chi connectivity index (χ4v) is 3.93. The van der Waals surface area contributed by atoms with Gasteiger partial charge in [-0.25, -0.2) is 4.79 Å². The number of nitrogens with zero attached hydrogens (tertiary/aromatic N) is 1. The van der Waals surface area contributed by atoms with Gasteiger partial charge in [-0.05, 0) is 79.9 Å². The van der Waals surface area contributed by atoms with Gasteiger partial charge in [0.2, 0.25) is 11.8 Å². The summed E-state index contributed by atoms with van der Waals surface area (Å²) in [5, 5.41) is 15.6. The molecule has 0 saturated carbocycles. The smallest absolute Gasteiger partial charge is 0.408 e. The van der Waals surface area contributed by atoms with Gasteiger partial charge in [0.25, 0.3) is 0 Å². The lowest BCUT2D eigenvalue weighted by atomic mass is 9.91. The first-order valence-electron chi connectivity index (χ1n) is 12.3. The minimum atomic E-state index is -1.28. The Bertz CT molecular complexity index is 886. The fourth-order valence-electron chi connectivity index (χ4n) is 3.93. The second kappa shape index (κ2) is 12.4. The molecule has 0 spiro atoms. The molecule has 1 aromatic carbocycles. The standard InChI is InChI=1S/C27H45N3O5/c1-11-12-19(4)28-23(32)22(20-15-17(2)13-14-18(20)3)30(26(5,6)7)24(33)21(16-31)29-25(34)35-27(8,9)10/h13-15,19,21-22,31H,11-12,16H2,1-10H3,(H,28,32)(H,29,34). The zero-order valence-corrected chi connectivity index (χ0v) is 23.1. The van der Waals surface area contributed by atoms with Crippen LogP contribution in [0.3, 0.4) is 0 Å². The molecule has 0 aromatic heterocycles. The number of hydrogen-bond donors (Lipinski definition) is 3. The van der Waals surface area contributed by atoms with Crippen LogP contribution in [0.4, 0.5) is 4.79 Å². The molecular weight excluding hydrogens is 446 g/mol. The zero-order chi connectivity index (χ0) is 27.1. The lowest BCUT2D eigenvalue weighted by Gasteiger charge is -2.43. The molecule has 3 N–H and O–H groups in total. The van der Waals surface area contributed by atoms with Crippen LogP contribution in [-0.4, -0.2) is 57.7 Å². The Morgan fingerprint density at radius 1 is 1.06 bits per heavy atom. The van der Waals surface area contributed by atoms with Crippen molar-refractivity contribution in [2.24, 2.45) is 0 Å².